The molecule has 2 fully saturated rings. The molecule has 0 aromatic rings. The summed E-state index contributed by atoms with van der Waals surface area (Å²) >= 11 is 1.98. The van der Waals surface area contributed by atoms with Crippen LogP contribution in [0.3, 0.4) is 0 Å². The molecule has 1 saturated carbocycles. The molecule has 3 nitrogen and oxygen atoms in total. The molecular formula is C13H24N2OS. The van der Waals surface area contributed by atoms with E-state index >= 15 is 0 Å². The van der Waals surface area contributed by atoms with Gasteiger partial charge in [0, 0.05) is 17.8 Å². The van der Waals surface area contributed by atoms with E-state index in [1.54, 1.807) is 0 Å². The number of likely N-dealkylation sites (N-methyl/N-ethyl adjacent to an activating group) is 1. The fourth-order valence-electron chi connectivity index (χ4n) is 3.13. The Morgan fingerprint density at radius 2 is 2.12 bits per heavy atom. The van der Waals surface area contributed by atoms with Gasteiger partial charge in [-0.2, -0.15) is 11.8 Å². The zero-order valence-corrected chi connectivity index (χ0v) is 11.8. The van der Waals surface area contributed by atoms with Crippen LogP contribution in [0.5, 0.6) is 0 Å². The van der Waals surface area contributed by atoms with Gasteiger partial charge in [-0.05, 0) is 32.6 Å². The van der Waals surface area contributed by atoms with E-state index in [0.29, 0.717) is 10.7 Å². The van der Waals surface area contributed by atoms with Crippen molar-refractivity contribution in [2.75, 3.05) is 26.4 Å². The van der Waals surface area contributed by atoms with Crippen LogP contribution in [0.2, 0.25) is 0 Å². The topological polar surface area (TPSA) is 32.3 Å². The molecule has 1 N–H and O–H groups in total. The van der Waals surface area contributed by atoms with E-state index in [0.717, 1.165) is 19.5 Å². The maximum atomic E-state index is 12.1. The van der Waals surface area contributed by atoms with Crippen LogP contribution >= 0.6 is 11.8 Å². The number of carbonyl (C=O) groups is 1. The first-order valence-electron chi connectivity index (χ1n) is 6.72. The van der Waals surface area contributed by atoms with Gasteiger partial charge in [-0.3, -0.25) is 4.79 Å². The summed E-state index contributed by atoms with van der Waals surface area (Å²) in [6.45, 7) is 1.90. The molecule has 2 rings (SSSR count). The number of likely N-dealkylation sites (tertiary alicyclic amines) is 1. The van der Waals surface area contributed by atoms with Crippen molar-refractivity contribution in [3.8, 4) is 0 Å². The minimum Gasteiger partial charge on any atom is -0.340 e. The number of rotatable bonds is 4. The van der Waals surface area contributed by atoms with Crippen LogP contribution in [0.15, 0.2) is 0 Å². The quantitative estimate of drug-likeness (QED) is 0.833. The highest BCUT2D eigenvalue weighted by Gasteiger charge is 2.38. The Hall–Kier alpha value is -0.220. The standard InChI is InChI=1S/C13H24N2OS/c1-14-11-6-9-15(12(11)16)10-13(17-2)7-4-3-5-8-13/h11,14H,3-10H2,1-2H3. The Morgan fingerprint density at radius 3 is 2.65 bits per heavy atom. The van der Waals surface area contributed by atoms with Crippen LogP contribution in [0.4, 0.5) is 0 Å². The number of hydrogen-bond acceptors (Lipinski definition) is 3. The Balaban J connectivity index is 1.97. The number of thioether (sulfide) groups is 1. The SMILES string of the molecule is CNC1CCN(CC2(SC)CCCCC2)C1=O. The van der Waals surface area contributed by atoms with Crippen molar-refractivity contribution in [3.05, 3.63) is 0 Å². The molecule has 0 aromatic carbocycles. The number of hydrogen-bond donors (Lipinski definition) is 1. The zero-order valence-electron chi connectivity index (χ0n) is 11.0. The Bertz CT molecular complexity index is 277. The molecule has 1 atom stereocenters. The Labute approximate surface area is 109 Å². The first-order valence-corrected chi connectivity index (χ1v) is 7.94. The molecule has 1 heterocycles. The van der Waals surface area contributed by atoms with Gasteiger partial charge in [-0.1, -0.05) is 19.3 Å². The van der Waals surface area contributed by atoms with Crippen LogP contribution in [-0.2, 0) is 4.79 Å². The van der Waals surface area contributed by atoms with Gasteiger partial charge < -0.3 is 10.2 Å². The van der Waals surface area contributed by atoms with Crippen molar-refractivity contribution in [2.24, 2.45) is 0 Å². The molecule has 98 valence electrons. The molecule has 0 bridgehead atoms. The third-order valence-electron chi connectivity index (χ3n) is 4.32. The van der Waals surface area contributed by atoms with Gasteiger partial charge in [0.25, 0.3) is 0 Å². The van der Waals surface area contributed by atoms with E-state index in [-0.39, 0.29) is 6.04 Å². The Morgan fingerprint density at radius 1 is 1.41 bits per heavy atom. The number of nitrogens with one attached hydrogen (secondary N) is 1. The second kappa shape index (κ2) is 5.61. The fraction of sp³-hybridized carbons (Fsp3) is 0.923. The largest absolute Gasteiger partial charge is 0.340 e. The molecule has 17 heavy (non-hydrogen) atoms. The van der Waals surface area contributed by atoms with Gasteiger partial charge in [0.1, 0.15) is 0 Å². The van der Waals surface area contributed by atoms with E-state index in [2.05, 4.69) is 16.5 Å². The van der Waals surface area contributed by atoms with Crippen molar-refractivity contribution in [3.63, 3.8) is 0 Å². The average Bonchev–Trinajstić information content (AvgIpc) is 2.71. The van der Waals surface area contributed by atoms with Crippen LogP contribution in [-0.4, -0.2) is 48.0 Å². The number of amides is 1. The summed E-state index contributed by atoms with van der Waals surface area (Å²) in [6, 6.07) is 0.0671. The lowest BCUT2D eigenvalue weighted by Gasteiger charge is -2.38. The minimum atomic E-state index is 0.0671. The number of carbonyl (C=O) groups excluding carboxylic acids is 1. The molecule has 1 aliphatic heterocycles. The van der Waals surface area contributed by atoms with Gasteiger partial charge in [-0.15, -0.1) is 0 Å². The maximum absolute atomic E-state index is 12.1. The highest BCUT2D eigenvalue weighted by molar-refractivity contribution is 8.00. The maximum Gasteiger partial charge on any atom is 0.239 e. The molecule has 1 unspecified atom stereocenters. The third-order valence-corrected chi connectivity index (χ3v) is 5.73. The Kier molecular flexibility index (Phi) is 4.36. The summed E-state index contributed by atoms with van der Waals surface area (Å²) in [5.41, 5.74) is 0. The van der Waals surface area contributed by atoms with E-state index < -0.39 is 0 Å². The van der Waals surface area contributed by atoms with Gasteiger partial charge in [0.15, 0.2) is 0 Å². The number of nitrogens with zero attached hydrogens (tertiary/aromatic N) is 1. The predicted octanol–water partition coefficient (Wildman–Crippen LogP) is 1.87. The van der Waals surface area contributed by atoms with Gasteiger partial charge in [-0.25, -0.2) is 0 Å². The molecular weight excluding hydrogens is 232 g/mol. The van der Waals surface area contributed by atoms with Crippen molar-refractivity contribution < 1.29 is 4.79 Å². The smallest absolute Gasteiger partial charge is 0.239 e. The molecule has 0 spiro atoms. The normalized spacial score (nSPS) is 28.7. The summed E-state index contributed by atoms with van der Waals surface area (Å²) in [7, 11) is 1.89. The van der Waals surface area contributed by atoms with Crippen LogP contribution in [0.1, 0.15) is 38.5 Å². The molecule has 1 saturated heterocycles. The van der Waals surface area contributed by atoms with Crippen LogP contribution < -0.4 is 5.32 Å². The van der Waals surface area contributed by atoms with Gasteiger partial charge in [0.05, 0.1) is 6.04 Å². The van der Waals surface area contributed by atoms with Crippen molar-refractivity contribution in [2.45, 2.75) is 49.3 Å². The van der Waals surface area contributed by atoms with Gasteiger partial charge >= 0.3 is 0 Å². The zero-order chi connectivity index (χ0) is 12.3. The van der Waals surface area contributed by atoms with Gasteiger partial charge in [0.2, 0.25) is 5.91 Å². The van der Waals surface area contributed by atoms with E-state index in [1.165, 1.54) is 32.1 Å². The fourth-order valence-corrected chi connectivity index (χ4v) is 4.12. The lowest BCUT2D eigenvalue weighted by molar-refractivity contribution is -0.129. The molecule has 1 aliphatic carbocycles. The average molecular weight is 256 g/mol. The van der Waals surface area contributed by atoms with Crippen LogP contribution in [0, 0.1) is 0 Å². The molecule has 4 heteroatoms. The van der Waals surface area contributed by atoms with Crippen molar-refractivity contribution >= 4 is 17.7 Å². The van der Waals surface area contributed by atoms with Crippen molar-refractivity contribution in [1.29, 1.82) is 0 Å². The van der Waals surface area contributed by atoms with E-state index in [1.807, 2.05) is 18.8 Å². The third kappa shape index (κ3) is 2.79. The van der Waals surface area contributed by atoms with Crippen LogP contribution in [0.25, 0.3) is 0 Å². The summed E-state index contributed by atoms with van der Waals surface area (Å²) < 4.78 is 0.344. The van der Waals surface area contributed by atoms with Crippen molar-refractivity contribution in [1.82, 2.24) is 10.2 Å². The summed E-state index contributed by atoms with van der Waals surface area (Å²) in [4.78, 5) is 14.2. The molecule has 2 aliphatic rings. The second-order valence-electron chi connectivity index (χ2n) is 5.34. The molecule has 0 aromatic heterocycles. The highest BCUT2D eigenvalue weighted by Crippen LogP contribution is 2.39. The summed E-state index contributed by atoms with van der Waals surface area (Å²) in [6.07, 6.45) is 9.78. The minimum absolute atomic E-state index is 0.0671. The predicted molar refractivity (Wildman–Crippen MR) is 73.4 cm³/mol. The van der Waals surface area contributed by atoms with E-state index in [9.17, 15) is 4.79 Å². The monoisotopic (exact) mass is 256 g/mol. The lowest BCUT2D eigenvalue weighted by Crippen LogP contribution is -2.45. The first-order chi connectivity index (χ1) is 8.21. The molecule has 0 radical (unpaired) electrons. The first kappa shape index (κ1) is 13.2. The molecule has 1 amide bonds. The second-order valence-corrected chi connectivity index (χ2v) is 6.61. The summed E-state index contributed by atoms with van der Waals surface area (Å²) in [5, 5.41) is 3.11. The van der Waals surface area contributed by atoms with E-state index in [4.69, 9.17) is 0 Å². The lowest BCUT2D eigenvalue weighted by atomic mass is 9.88. The highest BCUT2D eigenvalue weighted by atomic mass is 32.2. The summed E-state index contributed by atoms with van der Waals surface area (Å²) in [5.74, 6) is 0.312.